The molecule has 0 aliphatic rings. The molecule has 5 nitrogen and oxygen atoms in total. The van der Waals surface area contributed by atoms with Gasteiger partial charge >= 0.3 is 0 Å². The Hall–Kier alpha value is -2.17. The highest BCUT2D eigenvalue weighted by atomic mass is 16.2. The Bertz CT molecular complexity index is 752. The molecular formula is C18H25N3O2. The van der Waals surface area contributed by atoms with Crippen molar-refractivity contribution in [2.45, 2.75) is 53.1 Å². The third-order valence-corrected chi connectivity index (χ3v) is 4.14. The molecule has 1 amide bonds. The van der Waals surface area contributed by atoms with Crippen LogP contribution in [0.3, 0.4) is 0 Å². The van der Waals surface area contributed by atoms with Crippen molar-refractivity contribution in [2.24, 2.45) is 0 Å². The predicted octanol–water partition coefficient (Wildman–Crippen LogP) is 3.13. The van der Waals surface area contributed by atoms with E-state index in [9.17, 15) is 9.59 Å². The summed E-state index contributed by atoms with van der Waals surface area (Å²) in [4.78, 5) is 31.5. The van der Waals surface area contributed by atoms with Crippen LogP contribution in [0.2, 0.25) is 0 Å². The third kappa shape index (κ3) is 3.28. The van der Waals surface area contributed by atoms with Gasteiger partial charge < -0.3 is 4.90 Å². The van der Waals surface area contributed by atoms with Gasteiger partial charge in [-0.1, -0.05) is 26.0 Å². The lowest BCUT2D eigenvalue weighted by Crippen LogP contribution is -2.37. The van der Waals surface area contributed by atoms with Gasteiger partial charge in [-0.3, -0.25) is 14.2 Å². The molecule has 2 rings (SSSR count). The van der Waals surface area contributed by atoms with Gasteiger partial charge in [0, 0.05) is 19.5 Å². The molecule has 23 heavy (non-hydrogen) atoms. The van der Waals surface area contributed by atoms with Crippen LogP contribution in [0, 0.1) is 0 Å². The molecule has 0 spiro atoms. The molecule has 1 aromatic carbocycles. The molecule has 0 radical (unpaired) electrons. The zero-order chi connectivity index (χ0) is 17.0. The standard InChI is InChI=1S/C18H25N3O2/c1-5-12-21(16(22)6-2)13(4)17-19-15-11-9-8-10-14(15)18(23)20(17)7-3/h8-11,13H,5-7,12H2,1-4H3. The van der Waals surface area contributed by atoms with E-state index in [0.29, 0.717) is 36.2 Å². The van der Waals surface area contributed by atoms with Gasteiger partial charge in [-0.15, -0.1) is 0 Å². The monoisotopic (exact) mass is 315 g/mol. The van der Waals surface area contributed by atoms with Crippen molar-refractivity contribution in [1.82, 2.24) is 14.5 Å². The minimum atomic E-state index is -0.223. The molecule has 1 atom stereocenters. The van der Waals surface area contributed by atoms with Crippen molar-refractivity contribution in [3.63, 3.8) is 0 Å². The Morgan fingerprint density at radius 2 is 1.96 bits per heavy atom. The van der Waals surface area contributed by atoms with Crippen LogP contribution in [0.15, 0.2) is 29.1 Å². The summed E-state index contributed by atoms with van der Waals surface area (Å²) in [6.07, 6.45) is 1.33. The summed E-state index contributed by atoms with van der Waals surface area (Å²) in [5, 5.41) is 0.620. The van der Waals surface area contributed by atoms with Crippen LogP contribution in [-0.4, -0.2) is 26.9 Å². The molecule has 0 bridgehead atoms. The summed E-state index contributed by atoms with van der Waals surface area (Å²) in [6, 6.07) is 7.14. The summed E-state index contributed by atoms with van der Waals surface area (Å²) >= 11 is 0. The van der Waals surface area contributed by atoms with Crippen LogP contribution in [-0.2, 0) is 11.3 Å². The molecule has 1 aromatic heterocycles. The van der Waals surface area contributed by atoms with Gasteiger partial charge in [0.05, 0.1) is 16.9 Å². The molecule has 2 aromatic rings. The zero-order valence-corrected chi connectivity index (χ0v) is 14.4. The first-order valence-electron chi connectivity index (χ1n) is 8.34. The van der Waals surface area contributed by atoms with Gasteiger partial charge in [0.15, 0.2) is 0 Å². The van der Waals surface area contributed by atoms with Gasteiger partial charge in [0.1, 0.15) is 5.82 Å². The lowest BCUT2D eigenvalue weighted by molar-refractivity contribution is -0.133. The van der Waals surface area contributed by atoms with Gasteiger partial charge in [-0.05, 0) is 32.4 Å². The Morgan fingerprint density at radius 1 is 1.26 bits per heavy atom. The molecule has 0 saturated heterocycles. The first-order chi connectivity index (χ1) is 11.0. The normalized spacial score (nSPS) is 12.3. The Labute approximate surface area is 136 Å². The second-order valence-corrected chi connectivity index (χ2v) is 5.65. The maximum absolute atomic E-state index is 12.7. The molecule has 0 N–H and O–H groups in total. The van der Waals surface area contributed by atoms with E-state index in [1.807, 2.05) is 50.8 Å². The van der Waals surface area contributed by atoms with E-state index in [0.717, 1.165) is 6.42 Å². The number of benzene rings is 1. The first kappa shape index (κ1) is 17.2. The highest BCUT2D eigenvalue weighted by molar-refractivity contribution is 5.78. The van der Waals surface area contributed by atoms with Crippen molar-refractivity contribution in [1.29, 1.82) is 0 Å². The summed E-state index contributed by atoms with van der Waals surface area (Å²) < 4.78 is 1.68. The number of amides is 1. The highest BCUT2D eigenvalue weighted by Crippen LogP contribution is 2.21. The summed E-state index contributed by atoms with van der Waals surface area (Å²) in [7, 11) is 0. The van der Waals surface area contributed by atoms with E-state index < -0.39 is 0 Å². The second kappa shape index (κ2) is 7.40. The maximum atomic E-state index is 12.7. The fraction of sp³-hybridized carbons (Fsp3) is 0.500. The largest absolute Gasteiger partial charge is 0.333 e. The number of hydrogen-bond acceptors (Lipinski definition) is 3. The summed E-state index contributed by atoms with van der Waals surface area (Å²) in [6.45, 7) is 8.99. The van der Waals surface area contributed by atoms with Crippen molar-refractivity contribution < 1.29 is 4.79 Å². The van der Waals surface area contributed by atoms with Crippen LogP contribution >= 0.6 is 0 Å². The number of aromatic nitrogens is 2. The van der Waals surface area contributed by atoms with Gasteiger partial charge in [-0.25, -0.2) is 4.98 Å². The number of carbonyl (C=O) groups excluding carboxylic acids is 1. The fourth-order valence-electron chi connectivity index (χ4n) is 2.93. The van der Waals surface area contributed by atoms with Crippen LogP contribution in [0.5, 0.6) is 0 Å². The van der Waals surface area contributed by atoms with Crippen molar-refractivity contribution in [3.8, 4) is 0 Å². The quantitative estimate of drug-likeness (QED) is 0.823. The lowest BCUT2D eigenvalue weighted by atomic mass is 10.2. The molecule has 1 unspecified atom stereocenters. The van der Waals surface area contributed by atoms with Gasteiger partial charge in [0.25, 0.3) is 5.56 Å². The number of nitrogens with zero attached hydrogens (tertiary/aromatic N) is 3. The lowest BCUT2D eigenvalue weighted by Gasteiger charge is -2.30. The summed E-state index contributed by atoms with van der Waals surface area (Å²) in [5.74, 6) is 0.746. The minimum absolute atomic E-state index is 0.0413. The highest BCUT2D eigenvalue weighted by Gasteiger charge is 2.24. The molecule has 1 heterocycles. The van der Waals surface area contributed by atoms with E-state index in [-0.39, 0.29) is 17.5 Å². The van der Waals surface area contributed by atoms with E-state index in [2.05, 4.69) is 0 Å². The number of para-hydroxylation sites is 1. The van der Waals surface area contributed by atoms with E-state index >= 15 is 0 Å². The molecule has 0 saturated carbocycles. The van der Waals surface area contributed by atoms with E-state index in [4.69, 9.17) is 4.98 Å². The van der Waals surface area contributed by atoms with Crippen molar-refractivity contribution in [2.75, 3.05) is 6.54 Å². The van der Waals surface area contributed by atoms with E-state index in [1.165, 1.54) is 0 Å². The first-order valence-corrected chi connectivity index (χ1v) is 8.34. The number of rotatable bonds is 6. The van der Waals surface area contributed by atoms with Crippen molar-refractivity contribution in [3.05, 3.63) is 40.4 Å². The molecule has 5 heteroatoms. The maximum Gasteiger partial charge on any atom is 0.261 e. The van der Waals surface area contributed by atoms with Crippen molar-refractivity contribution >= 4 is 16.8 Å². The van der Waals surface area contributed by atoms with Crippen LogP contribution in [0.4, 0.5) is 0 Å². The molecule has 0 fully saturated rings. The second-order valence-electron chi connectivity index (χ2n) is 5.65. The van der Waals surface area contributed by atoms with E-state index in [1.54, 1.807) is 10.6 Å². The Balaban J connectivity index is 2.60. The van der Waals surface area contributed by atoms with Gasteiger partial charge in [0.2, 0.25) is 5.91 Å². The Morgan fingerprint density at radius 3 is 2.57 bits per heavy atom. The number of hydrogen-bond donors (Lipinski definition) is 0. The average Bonchev–Trinajstić information content (AvgIpc) is 2.58. The fourth-order valence-corrected chi connectivity index (χ4v) is 2.93. The molecule has 0 aliphatic carbocycles. The predicted molar refractivity (Wildman–Crippen MR) is 92.4 cm³/mol. The molecule has 0 aliphatic heterocycles. The van der Waals surface area contributed by atoms with Crippen LogP contribution in [0.25, 0.3) is 10.9 Å². The van der Waals surface area contributed by atoms with Crippen LogP contribution in [0.1, 0.15) is 52.4 Å². The average molecular weight is 315 g/mol. The SMILES string of the molecule is CCCN(C(=O)CC)C(C)c1nc2ccccc2c(=O)n1CC. The Kier molecular flexibility index (Phi) is 5.53. The molecule has 124 valence electrons. The third-order valence-electron chi connectivity index (χ3n) is 4.14. The van der Waals surface area contributed by atoms with Gasteiger partial charge in [-0.2, -0.15) is 0 Å². The topological polar surface area (TPSA) is 55.2 Å². The molecular weight excluding hydrogens is 290 g/mol. The minimum Gasteiger partial charge on any atom is -0.333 e. The summed E-state index contributed by atoms with van der Waals surface area (Å²) in [5.41, 5.74) is 0.643. The number of carbonyl (C=O) groups is 1. The number of fused-ring (bicyclic) bond motifs is 1. The zero-order valence-electron chi connectivity index (χ0n) is 14.4. The smallest absolute Gasteiger partial charge is 0.261 e. The van der Waals surface area contributed by atoms with Crippen LogP contribution < -0.4 is 5.56 Å².